The molecule has 3 rings (SSSR count). The fourth-order valence-electron chi connectivity index (χ4n) is 3.83. The van der Waals surface area contributed by atoms with Crippen LogP contribution in [0.2, 0.25) is 0 Å². The van der Waals surface area contributed by atoms with Gasteiger partial charge in [0.05, 0.1) is 4.90 Å². The van der Waals surface area contributed by atoms with E-state index in [1.54, 1.807) is 12.1 Å². The maximum Gasteiger partial charge on any atom is 0.240 e. The van der Waals surface area contributed by atoms with Crippen molar-refractivity contribution in [2.45, 2.75) is 56.8 Å². The molecule has 1 aliphatic heterocycles. The number of nitrogens with one attached hydrogen (secondary N) is 1. The lowest BCUT2D eigenvalue weighted by Crippen LogP contribution is -2.40. The standard InChI is InChI=1S/C19H28N2O3S/c1-15-5-4-12-21(14-15)19(22)10-11-20-25(23,24)18-9-8-16-6-2-3-7-17(16)13-18/h8-9,13,15,20H,2-7,10-12,14H2,1H3. The number of amides is 1. The van der Waals surface area contributed by atoms with E-state index in [1.807, 2.05) is 11.0 Å². The Balaban J connectivity index is 1.56. The highest BCUT2D eigenvalue weighted by Crippen LogP contribution is 2.24. The van der Waals surface area contributed by atoms with Gasteiger partial charge >= 0.3 is 0 Å². The van der Waals surface area contributed by atoms with Crippen molar-refractivity contribution in [3.8, 4) is 0 Å². The van der Waals surface area contributed by atoms with E-state index in [9.17, 15) is 13.2 Å². The van der Waals surface area contributed by atoms with Crippen LogP contribution in [0.3, 0.4) is 0 Å². The molecule has 1 aromatic rings. The Kier molecular flexibility index (Phi) is 5.79. The van der Waals surface area contributed by atoms with Crippen LogP contribution in [0, 0.1) is 5.92 Å². The quantitative estimate of drug-likeness (QED) is 0.873. The van der Waals surface area contributed by atoms with Gasteiger partial charge in [-0.1, -0.05) is 13.0 Å². The summed E-state index contributed by atoms with van der Waals surface area (Å²) in [7, 11) is -3.55. The van der Waals surface area contributed by atoms with Gasteiger partial charge in [0.25, 0.3) is 0 Å². The van der Waals surface area contributed by atoms with E-state index < -0.39 is 10.0 Å². The van der Waals surface area contributed by atoms with Gasteiger partial charge in [0.15, 0.2) is 0 Å². The summed E-state index contributed by atoms with van der Waals surface area (Å²) in [5.41, 5.74) is 2.41. The number of likely N-dealkylation sites (tertiary alicyclic amines) is 1. The average Bonchev–Trinajstić information content (AvgIpc) is 2.61. The van der Waals surface area contributed by atoms with Gasteiger partial charge in [-0.3, -0.25) is 4.79 Å². The highest BCUT2D eigenvalue weighted by Gasteiger charge is 2.22. The number of piperidine rings is 1. The summed E-state index contributed by atoms with van der Waals surface area (Å²) in [6.45, 7) is 3.89. The zero-order valence-electron chi connectivity index (χ0n) is 15.0. The number of carbonyl (C=O) groups excluding carboxylic acids is 1. The fourth-order valence-corrected chi connectivity index (χ4v) is 4.91. The second-order valence-electron chi connectivity index (χ2n) is 7.37. The Hall–Kier alpha value is -1.40. The van der Waals surface area contributed by atoms with Crippen LogP contribution in [0.25, 0.3) is 0 Å². The third-order valence-electron chi connectivity index (χ3n) is 5.27. The van der Waals surface area contributed by atoms with E-state index in [0.29, 0.717) is 10.8 Å². The summed E-state index contributed by atoms with van der Waals surface area (Å²) in [6.07, 6.45) is 6.69. The van der Waals surface area contributed by atoms with Gasteiger partial charge in [-0.25, -0.2) is 13.1 Å². The molecule has 6 heteroatoms. The minimum Gasteiger partial charge on any atom is -0.342 e. The molecule has 1 amide bonds. The Morgan fingerprint density at radius 1 is 1.20 bits per heavy atom. The van der Waals surface area contributed by atoms with Crippen molar-refractivity contribution in [1.82, 2.24) is 9.62 Å². The molecule has 1 fully saturated rings. The Morgan fingerprint density at radius 2 is 1.96 bits per heavy atom. The number of nitrogens with zero attached hydrogens (tertiary/aromatic N) is 1. The number of carbonyl (C=O) groups is 1. The van der Waals surface area contributed by atoms with E-state index in [4.69, 9.17) is 0 Å². The smallest absolute Gasteiger partial charge is 0.240 e. The van der Waals surface area contributed by atoms with Gasteiger partial charge < -0.3 is 4.90 Å². The van der Waals surface area contributed by atoms with Gasteiger partial charge in [0.2, 0.25) is 15.9 Å². The second-order valence-corrected chi connectivity index (χ2v) is 9.14. The summed E-state index contributed by atoms with van der Waals surface area (Å²) in [5, 5.41) is 0. The average molecular weight is 365 g/mol. The van der Waals surface area contributed by atoms with Crippen molar-refractivity contribution in [3.05, 3.63) is 29.3 Å². The highest BCUT2D eigenvalue weighted by atomic mass is 32.2. The number of hydrogen-bond donors (Lipinski definition) is 1. The largest absolute Gasteiger partial charge is 0.342 e. The number of sulfonamides is 1. The first-order valence-corrected chi connectivity index (χ1v) is 10.8. The molecular formula is C19H28N2O3S. The van der Waals surface area contributed by atoms with Crippen molar-refractivity contribution in [2.24, 2.45) is 5.92 Å². The minimum atomic E-state index is -3.55. The molecule has 1 aromatic carbocycles. The zero-order chi connectivity index (χ0) is 17.9. The molecule has 0 bridgehead atoms. The van der Waals surface area contributed by atoms with Crippen LogP contribution in [0.15, 0.2) is 23.1 Å². The van der Waals surface area contributed by atoms with Crippen LogP contribution < -0.4 is 4.72 Å². The van der Waals surface area contributed by atoms with E-state index in [2.05, 4.69) is 11.6 Å². The van der Waals surface area contributed by atoms with Crippen molar-refractivity contribution in [3.63, 3.8) is 0 Å². The van der Waals surface area contributed by atoms with Crippen LogP contribution in [-0.4, -0.2) is 38.9 Å². The molecule has 1 unspecified atom stereocenters. The third-order valence-corrected chi connectivity index (χ3v) is 6.73. The number of fused-ring (bicyclic) bond motifs is 1. The molecule has 0 spiro atoms. The maximum absolute atomic E-state index is 12.5. The molecule has 1 N–H and O–H groups in total. The normalized spacial score (nSPS) is 21.0. The van der Waals surface area contributed by atoms with Crippen molar-refractivity contribution in [1.29, 1.82) is 0 Å². The van der Waals surface area contributed by atoms with Gasteiger partial charge in [-0.15, -0.1) is 0 Å². The lowest BCUT2D eigenvalue weighted by Gasteiger charge is -2.31. The second kappa shape index (κ2) is 7.87. The van der Waals surface area contributed by atoms with Crippen LogP contribution in [0.4, 0.5) is 0 Å². The lowest BCUT2D eigenvalue weighted by atomic mass is 9.92. The van der Waals surface area contributed by atoms with Crippen LogP contribution in [0.5, 0.6) is 0 Å². The molecule has 0 radical (unpaired) electrons. The Bertz CT molecular complexity index is 730. The van der Waals surface area contributed by atoms with Gasteiger partial charge in [-0.05, 0) is 67.7 Å². The number of hydrogen-bond acceptors (Lipinski definition) is 3. The molecule has 2 aliphatic rings. The Labute approximate surface area is 150 Å². The topological polar surface area (TPSA) is 66.5 Å². The van der Waals surface area contributed by atoms with E-state index >= 15 is 0 Å². The van der Waals surface area contributed by atoms with Gasteiger partial charge in [0, 0.05) is 26.1 Å². The first-order chi connectivity index (χ1) is 12.0. The summed E-state index contributed by atoms with van der Waals surface area (Å²) in [5.74, 6) is 0.574. The first kappa shape index (κ1) is 18.4. The van der Waals surface area contributed by atoms with Crippen LogP contribution in [-0.2, 0) is 27.7 Å². The molecule has 25 heavy (non-hydrogen) atoms. The molecule has 1 heterocycles. The summed E-state index contributed by atoms with van der Waals surface area (Å²) in [4.78, 5) is 14.4. The molecule has 1 aliphatic carbocycles. The number of aryl methyl sites for hydroxylation is 2. The predicted octanol–water partition coefficient (Wildman–Crippen LogP) is 2.49. The number of rotatable bonds is 5. The molecule has 1 atom stereocenters. The SMILES string of the molecule is CC1CCCN(C(=O)CCNS(=O)(=O)c2ccc3c(c2)CCCC3)C1. The molecule has 5 nitrogen and oxygen atoms in total. The molecule has 0 aromatic heterocycles. The molecular weight excluding hydrogens is 336 g/mol. The van der Waals surface area contributed by atoms with Crippen LogP contribution >= 0.6 is 0 Å². The monoisotopic (exact) mass is 364 g/mol. The minimum absolute atomic E-state index is 0.0414. The molecule has 138 valence electrons. The van der Waals surface area contributed by atoms with E-state index in [1.165, 1.54) is 12.0 Å². The molecule has 0 saturated carbocycles. The van der Waals surface area contributed by atoms with E-state index in [0.717, 1.165) is 50.8 Å². The third kappa shape index (κ3) is 4.61. The van der Waals surface area contributed by atoms with Crippen molar-refractivity contribution < 1.29 is 13.2 Å². The zero-order valence-corrected chi connectivity index (χ0v) is 15.8. The van der Waals surface area contributed by atoms with Crippen molar-refractivity contribution in [2.75, 3.05) is 19.6 Å². The summed E-state index contributed by atoms with van der Waals surface area (Å²) < 4.78 is 27.6. The fraction of sp³-hybridized carbons (Fsp3) is 0.632. The van der Waals surface area contributed by atoms with Gasteiger partial charge in [-0.2, -0.15) is 0 Å². The van der Waals surface area contributed by atoms with Crippen molar-refractivity contribution >= 4 is 15.9 Å². The maximum atomic E-state index is 12.5. The predicted molar refractivity (Wildman–Crippen MR) is 97.9 cm³/mol. The first-order valence-electron chi connectivity index (χ1n) is 9.35. The summed E-state index contributed by atoms with van der Waals surface area (Å²) in [6, 6.07) is 5.41. The lowest BCUT2D eigenvalue weighted by molar-refractivity contribution is -0.132. The van der Waals surface area contributed by atoms with E-state index in [-0.39, 0.29) is 18.9 Å². The molecule has 1 saturated heterocycles. The Morgan fingerprint density at radius 3 is 2.72 bits per heavy atom. The van der Waals surface area contributed by atoms with Gasteiger partial charge in [0.1, 0.15) is 0 Å². The highest BCUT2D eigenvalue weighted by molar-refractivity contribution is 7.89. The number of benzene rings is 1. The van der Waals surface area contributed by atoms with Crippen LogP contribution in [0.1, 0.15) is 50.2 Å². The summed E-state index contributed by atoms with van der Waals surface area (Å²) >= 11 is 0.